The number of urea groups is 1. The molecule has 1 aliphatic rings. The van der Waals surface area contributed by atoms with E-state index in [-0.39, 0.29) is 18.6 Å². The van der Waals surface area contributed by atoms with Gasteiger partial charge in [-0.05, 0) is 38.5 Å². The number of nitrogens with zero attached hydrogens (tertiary/aromatic N) is 3. The lowest BCUT2D eigenvalue weighted by atomic mass is 10.1. The minimum absolute atomic E-state index is 0.0926. The number of carboxylic acids is 1. The summed E-state index contributed by atoms with van der Waals surface area (Å²) in [5.41, 5.74) is 2.93. The first kappa shape index (κ1) is 18.0. The highest BCUT2D eigenvalue weighted by molar-refractivity contribution is 5.77. The van der Waals surface area contributed by atoms with E-state index in [1.165, 1.54) is 0 Å². The van der Waals surface area contributed by atoms with Crippen LogP contribution in [0.4, 0.5) is 4.79 Å². The first-order valence-corrected chi connectivity index (χ1v) is 8.83. The van der Waals surface area contributed by atoms with E-state index in [1.807, 2.05) is 54.9 Å². The molecule has 2 atom stereocenters. The first-order chi connectivity index (χ1) is 12.4. The lowest BCUT2D eigenvalue weighted by Crippen LogP contribution is -2.44. The van der Waals surface area contributed by atoms with Crippen LogP contribution >= 0.6 is 0 Å². The number of hydrogen-bond donors (Lipinski definition) is 2. The van der Waals surface area contributed by atoms with Crippen LogP contribution in [0.2, 0.25) is 0 Å². The van der Waals surface area contributed by atoms with Gasteiger partial charge in [-0.3, -0.25) is 4.79 Å². The van der Waals surface area contributed by atoms with Gasteiger partial charge in [-0.1, -0.05) is 18.2 Å². The van der Waals surface area contributed by atoms with Gasteiger partial charge in [0.2, 0.25) is 0 Å². The summed E-state index contributed by atoms with van der Waals surface area (Å²) < 4.78 is 1.90. The van der Waals surface area contributed by atoms with Gasteiger partial charge in [0.15, 0.2) is 0 Å². The molecule has 0 spiro atoms. The highest BCUT2D eigenvalue weighted by Crippen LogP contribution is 2.17. The molecule has 7 heteroatoms. The van der Waals surface area contributed by atoms with Crippen molar-refractivity contribution in [2.75, 3.05) is 13.1 Å². The van der Waals surface area contributed by atoms with Gasteiger partial charge < -0.3 is 15.3 Å². The third-order valence-corrected chi connectivity index (χ3v) is 4.62. The molecule has 1 saturated heterocycles. The quantitative estimate of drug-likeness (QED) is 0.860. The van der Waals surface area contributed by atoms with E-state index in [0.29, 0.717) is 19.4 Å². The standard InChI is InChI=1S/C19H24N4O3/c1-13(20-19(26)22-9-8-15(12-22)18(24)25)10-17-11-14(2)21-23(17)16-6-4-3-5-7-16/h3-7,11,13,15H,8-10,12H2,1-2H3,(H,20,26)(H,24,25). The van der Waals surface area contributed by atoms with E-state index in [2.05, 4.69) is 10.4 Å². The monoisotopic (exact) mass is 356 g/mol. The molecule has 2 heterocycles. The Morgan fingerprint density at radius 3 is 2.73 bits per heavy atom. The zero-order valence-corrected chi connectivity index (χ0v) is 15.1. The maximum Gasteiger partial charge on any atom is 0.317 e. The fourth-order valence-electron chi connectivity index (χ4n) is 3.30. The van der Waals surface area contributed by atoms with E-state index in [9.17, 15) is 9.59 Å². The SMILES string of the molecule is Cc1cc(CC(C)NC(=O)N2CCC(C(=O)O)C2)n(-c2ccccc2)n1. The second kappa shape index (κ2) is 7.59. The van der Waals surface area contributed by atoms with Gasteiger partial charge in [0.1, 0.15) is 0 Å². The number of likely N-dealkylation sites (tertiary alicyclic amines) is 1. The average Bonchev–Trinajstić information content (AvgIpc) is 3.22. The number of nitrogens with one attached hydrogen (secondary N) is 1. The Hall–Kier alpha value is -2.83. The van der Waals surface area contributed by atoms with Crippen LogP contribution in [-0.2, 0) is 11.2 Å². The number of amides is 2. The molecule has 0 radical (unpaired) electrons. The van der Waals surface area contributed by atoms with Crippen molar-refractivity contribution in [3.05, 3.63) is 47.8 Å². The van der Waals surface area contributed by atoms with Crippen LogP contribution in [-0.4, -0.2) is 50.9 Å². The zero-order valence-electron chi connectivity index (χ0n) is 15.1. The van der Waals surface area contributed by atoms with Crippen LogP contribution in [0.15, 0.2) is 36.4 Å². The van der Waals surface area contributed by atoms with Crippen LogP contribution < -0.4 is 5.32 Å². The number of hydrogen-bond acceptors (Lipinski definition) is 3. The van der Waals surface area contributed by atoms with Crippen LogP contribution in [0.25, 0.3) is 5.69 Å². The first-order valence-electron chi connectivity index (χ1n) is 8.83. The maximum atomic E-state index is 12.4. The van der Waals surface area contributed by atoms with Crippen molar-refractivity contribution < 1.29 is 14.7 Å². The summed E-state index contributed by atoms with van der Waals surface area (Å²) in [6.07, 6.45) is 1.15. The van der Waals surface area contributed by atoms with Gasteiger partial charge in [-0.15, -0.1) is 0 Å². The van der Waals surface area contributed by atoms with Crippen LogP contribution in [0.3, 0.4) is 0 Å². The van der Waals surface area contributed by atoms with Crippen LogP contribution in [0, 0.1) is 12.8 Å². The van der Waals surface area contributed by atoms with Crippen LogP contribution in [0.1, 0.15) is 24.7 Å². The van der Waals surface area contributed by atoms with E-state index < -0.39 is 11.9 Å². The fourth-order valence-corrected chi connectivity index (χ4v) is 3.30. The molecule has 1 aromatic carbocycles. The molecule has 26 heavy (non-hydrogen) atoms. The Bertz CT molecular complexity index is 787. The Balaban J connectivity index is 1.63. The molecule has 0 saturated carbocycles. The maximum absolute atomic E-state index is 12.4. The molecule has 0 aliphatic carbocycles. The van der Waals surface area contributed by atoms with Gasteiger partial charge in [-0.2, -0.15) is 5.10 Å². The number of aromatic nitrogens is 2. The van der Waals surface area contributed by atoms with Gasteiger partial charge in [0, 0.05) is 31.2 Å². The van der Waals surface area contributed by atoms with Crippen molar-refractivity contribution in [3.8, 4) is 5.69 Å². The molecule has 1 aromatic heterocycles. The van der Waals surface area contributed by atoms with Crippen molar-refractivity contribution in [2.45, 2.75) is 32.7 Å². The van der Waals surface area contributed by atoms with Crippen molar-refractivity contribution in [1.29, 1.82) is 0 Å². The lowest BCUT2D eigenvalue weighted by Gasteiger charge is -2.21. The third kappa shape index (κ3) is 4.04. The number of aliphatic carboxylic acids is 1. The van der Waals surface area contributed by atoms with Crippen molar-refractivity contribution in [3.63, 3.8) is 0 Å². The number of carbonyl (C=O) groups is 2. The molecular formula is C19H24N4O3. The molecule has 1 fully saturated rings. The molecule has 3 rings (SSSR count). The van der Waals surface area contributed by atoms with Crippen LogP contribution in [0.5, 0.6) is 0 Å². The summed E-state index contributed by atoms with van der Waals surface area (Å²) >= 11 is 0. The molecule has 0 bridgehead atoms. The van der Waals surface area contributed by atoms with E-state index in [1.54, 1.807) is 4.90 Å². The highest BCUT2D eigenvalue weighted by atomic mass is 16.4. The summed E-state index contributed by atoms with van der Waals surface area (Å²) in [5, 5.41) is 16.6. The molecule has 1 aliphatic heterocycles. The van der Waals surface area contributed by atoms with E-state index >= 15 is 0 Å². The molecule has 2 amide bonds. The van der Waals surface area contributed by atoms with Crippen molar-refractivity contribution >= 4 is 12.0 Å². The Morgan fingerprint density at radius 2 is 2.08 bits per heavy atom. The molecule has 138 valence electrons. The summed E-state index contributed by atoms with van der Waals surface area (Å²) in [6.45, 7) is 4.65. The third-order valence-electron chi connectivity index (χ3n) is 4.62. The summed E-state index contributed by atoms with van der Waals surface area (Å²) in [7, 11) is 0. The number of carbonyl (C=O) groups excluding carboxylic acids is 1. The minimum atomic E-state index is -0.837. The number of para-hydroxylation sites is 1. The predicted octanol–water partition coefficient (Wildman–Crippen LogP) is 2.23. The number of carboxylic acid groups (broad SMARTS) is 1. The second-order valence-corrected chi connectivity index (χ2v) is 6.85. The molecule has 2 aromatic rings. The predicted molar refractivity (Wildman–Crippen MR) is 97.3 cm³/mol. The highest BCUT2D eigenvalue weighted by Gasteiger charge is 2.31. The average molecular weight is 356 g/mol. The fraction of sp³-hybridized carbons (Fsp3) is 0.421. The zero-order chi connectivity index (χ0) is 18.7. The smallest absolute Gasteiger partial charge is 0.317 e. The van der Waals surface area contributed by atoms with E-state index in [0.717, 1.165) is 17.1 Å². The molecule has 2 N–H and O–H groups in total. The van der Waals surface area contributed by atoms with Gasteiger partial charge in [0.05, 0.1) is 17.3 Å². The lowest BCUT2D eigenvalue weighted by molar-refractivity contribution is -0.141. The summed E-state index contributed by atoms with van der Waals surface area (Å²) in [4.78, 5) is 25.0. The summed E-state index contributed by atoms with van der Waals surface area (Å²) in [6, 6.07) is 11.6. The Morgan fingerprint density at radius 1 is 1.35 bits per heavy atom. The minimum Gasteiger partial charge on any atom is -0.481 e. The number of benzene rings is 1. The molecule has 7 nitrogen and oxygen atoms in total. The Kier molecular flexibility index (Phi) is 5.25. The number of aryl methyl sites for hydroxylation is 1. The Labute approximate surface area is 152 Å². The van der Waals surface area contributed by atoms with E-state index in [4.69, 9.17) is 5.11 Å². The normalized spacial score (nSPS) is 17.9. The van der Waals surface area contributed by atoms with Crippen molar-refractivity contribution in [1.82, 2.24) is 20.0 Å². The topological polar surface area (TPSA) is 87.5 Å². The molecular weight excluding hydrogens is 332 g/mol. The molecule has 2 unspecified atom stereocenters. The van der Waals surface area contributed by atoms with Gasteiger partial charge >= 0.3 is 12.0 Å². The van der Waals surface area contributed by atoms with Gasteiger partial charge in [-0.25, -0.2) is 9.48 Å². The largest absolute Gasteiger partial charge is 0.481 e. The van der Waals surface area contributed by atoms with Crippen molar-refractivity contribution in [2.24, 2.45) is 5.92 Å². The number of rotatable bonds is 5. The second-order valence-electron chi connectivity index (χ2n) is 6.85. The van der Waals surface area contributed by atoms with Gasteiger partial charge in [0.25, 0.3) is 0 Å². The summed E-state index contributed by atoms with van der Waals surface area (Å²) in [5.74, 6) is -1.30.